The van der Waals surface area contributed by atoms with Crippen molar-refractivity contribution in [3.8, 4) is 5.75 Å². The van der Waals surface area contributed by atoms with Crippen molar-refractivity contribution >= 4 is 5.91 Å². The molecule has 0 unspecified atom stereocenters. The maximum atomic E-state index is 13.5. The molecule has 182 valence electrons. The fraction of sp³-hybridized carbons (Fsp3) is 0.571. The lowest BCUT2D eigenvalue weighted by Crippen LogP contribution is -2.43. The summed E-state index contributed by atoms with van der Waals surface area (Å²) in [6.45, 7) is 5.88. The third kappa shape index (κ3) is 5.44. The second-order valence-corrected chi connectivity index (χ2v) is 10.2. The lowest BCUT2D eigenvalue weighted by molar-refractivity contribution is 0.0321. The summed E-state index contributed by atoms with van der Waals surface area (Å²) in [4.78, 5) is 22.5. The standard InChI is InChI=1S/C28H37N3O3/c32-27-25-10-1-2-11-26(25)34-22-28(12-4-6-19-33-21-24-9-7-16-31(24)27)13-17-30(18-14-28)20-23-8-3-5-15-29-23/h1-3,5,8,10-11,15,24H,4,6-7,9,12-14,16-22H2/t24-/m0/s1. The number of para-hydroxylation sites is 1. The van der Waals surface area contributed by atoms with Crippen LogP contribution in [0, 0.1) is 5.41 Å². The summed E-state index contributed by atoms with van der Waals surface area (Å²) in [6, 6.07) is 14.1. The normalized spacial score (nSPS) is 24.2. The number of hydrogen-bond donors (Lipinski definition) is 0. The minimum Gasteiger partial charge on any atom is -0.492 e. The summed E-state index contributed by atoms with van der Waals surface area (Å²) in [5.41, 5.74) is 1.96. The van der Waals surface area contributed by atoms with E-state index in [0.717, 1.165) is 89.2 Å². The van der Waals surface area contributed by atoms with Gasteiger partial charge in [-0.15, -0.1) is 0 Å². The fourth-order valence-corrected chi connectivity index (χ4v) is 5.73. The Morgan fingerprint density at radius 3 is 2.68 bits per heavy atom. The third-order valence-corrected chi connectivity index (χ3v) is 7.87. The van der Waals surface area contributed by atoms with Crippen molar-refractivity contribution < 1.29 is 14.3 Å². The van der Waals surface area contributed by atoms with Crippen molar-refractivity contribution in [2.75, 3.05) is 39.5 Å². The minimum atomic E-state index is 0.0815. The summed E-state index contributed by atoms with van der Waals surface area (Å²) in [7, 11) is 0. The van der Waals surface area contributed by atoms with Crippen LogP contribution in [-0.2, 0) is 11.3 Å². The van der Waals surface area contributed by atoms with Crippen LogP contribution in [0.15, 0.2) is 48.7 Å². The van der Waals surface area contributed by atoms with Gasteiger partial charge in [0, 0.05) is 31.3 Å². The predicted molar refractivity (Wildman–Crippen MR) is 132 cm³/mol. The van der Waals surface area contributed by atoms with Gasteiger partial charge >= 0.3 is 0 Å². The molecular formula is C28H37N3O3. The van der Waals surface area contributed by atoms with E-state index in [9.17, 15) is 4.79 Å². The van der Waals surface area contributed by atoms with E-state index in [1.807, 2.05) is 41.4 Å². The van der Waals surface area contributed by atoms with Crippen LogP contribution in [0.3, 0.4) is 0 Å². The highest BCUT2D eigenvalue weighted by atomic mass is 16.5. The molecule has 0 saturated carbocycles. The van der Waals surface area contributed by atoms with Crippen LogP contribution in [0.5, 0.6) is 5.75 Å². The topological polar surface area (TPSA) is 54.9 Å². The van der Waals surface area contributed by atoms with Gasteiger partial charge in [-0.05, 0) is 75.9 Å². The lowest BCUT2D eigenvalue weighted by Gasteiger charge is -2.42. The van der Waals surface area contributed by atoms with Gasteiger partial charge in [0.25, 0.3) is 5.91 Å². The van der Waals surface area contributed by atoms with E-state index >= 15 is 0 Å². The molecular weight excluding hydrogens is 426 g/mol. The highest BCUT2D eigenvalue weighted by Gasteiger charge is 2.36. The third-order valence-electron chi connectivity index (χ3n) is 7.87. The van der Waals surface area contributed by atoms with Crippen LogP contribution >= 0.6 is 0 Å². The summed E-state index contributed by atoms with van der Waals surface area (Å²) in [5.74, 6) is 0.810. The van der Waals surface area contributed by atoms with Gasteiger partial charge in [-0.1, -0.05) is 24.6 Å². The van der Waals surface area contributed by atoms with Crippen LogP contribution in [0.25, 0.3) is 0 Å². The van der Waals surface area contributed by atoms with Gasteiger partial charge in [0.1, 0.15) is 5.75 Å². The van der Waals surface area contributed by atoms with E-state index in [1.165, 1.54) is 0 Å². The van der Waals surface area contributed by atoms with Crippen molar-refractivity contribution in [2.24, 2.45) is 5.41 Å². The first-order valence-corrected chi connectivity index (χ1v) is 13.0. The second kappa shape index (κ2) is 10.9. The minimum absolute atomic E-state index is 0.0815. The predicted octanol–water partition coefficient (Wildman–Crippen LogP) is 4.55. The number of fused-ring (bicyclic) bond motifs is 2. The molecule has 0 bridgehead atoms. The highest BCUT2D eigenvalue weighted by molar-refractivity contribution is 5.97. The largest absolute Gasteiger partial charge is 0.492 e. The summed E-state index contributed by atoms with van der Waals surface area (Å²) >= 11 is 0. The molecule has 1 aromatic heterocycles. The molecule has 2 saturated heterocycles. The van der Waals surface area contributed by atoms with Crippen molar-refractivity contribution in [2.45, 2.75) is 57.5 Å². The molecule has 5 rings (SSSR count). The molecule has 2 aromatic rings. The number of benzene rings is 1. The Bertz CT molecular complexity index is 943. The lowest BCUT2D eigenvalue weighted by atomic mass is 9.75. The zero-order valence-electron chi connectivity index (χ0n) is 20.2. The maximum absolute atomic E-state index is 13.5. The van der Waals surface area contributed by atoms with E-state index < -0.39 is 0 Å². The summed E-state index contributed by atoms with van der Waals surface area (Å²) < 4.78 is 12.5. The number of amides is 1. The molecule has 6 nitrogen and oxygen atoms in total. The van der Waals surface area contributed by atoms with Crippen molar-refractivity contribution in [3.05, 3.63) is 59.9 Å². The zero-order valence-corrected chi connectivity index (χ0v) is 20.2. The average Bonchev–Trinajstić information content (AvgIpc) is 3.35. The molecule has 6 heteroatoms. The molecule has 2 fully saturated rings. The summed E-state index contributed by atoms with van der Waals surface area (Å²) in [5, 5.41) is 0. The van der Waals surface area contributed by atoms with E-state index in [2.05, 4.69) is 22.0 Å². The van der Waals surface area contributed by atoms with E-state index in [-0.39, 0.29) is 17.4 Å². The second-order valence-electron chi connectivity index (χ2n) is 10.2. The number of aromatic nitrogens is 1. The number of likely N-dealkylation sites (tertiary alicyclic amines) is 1. The van der Waals surface area contributed by atoms with Gasteiger partial charge in [-0.25, -0.2) is 0 Å². The molecule has 3 aliphatic rings. The molecule has 1 aromatic carbocycles. The Labute approximate surface area is 203 Å². The first-order chi connectivity index (χ1) is 16.7. The van der Waals surface area contributed by atoms with Crippen molar-refractivity contribution in [1.82, 2.24) is 14.8 Å². The molecule has 1 atom stereocenters. The average molecular weight is 464 g/mol. The van der Waals surface area contributed by atoms with E-state index in [0.29, 0.717) is 18.8 Å². The summed E-state index contributed by atoms with van der Waals surface area (Å²) in [6.07, 6.45) is 9.50. The molecule has 0 radical (unpaired) electrons. The first kappa shape index (κ1) is 23.3. The maximum Gasteiger partial charge on any atom is 0.257 e. The number of carbonyl (C=O) groups is 1. The molecule has 4 heterocycles. The Hall–Kier alpha value is -2.44. The highest BCUT2D eigenvalue weighted by Crippen LogP contribution is 2.38. The molecule has 1 amide bonds. The molecule has 0 aliphatic carbocycles. The number of ether oxygens (including phenoxy) is 2. The van der Waals surface area contributed by atoms with Crippen LogP contribution in [0.2, 0.25) is 0 Å². The quantitative estimate of drug-likeness (QED) is 0.654. The number of rotatable bonds is 2. The number of hydrogen-bond acceptors (Lipinski definition) is 5. The Kier molecular flexibility index (Phi) is 7.45. The van der Waals surface area contributed by atoms with E-state index in [4.69, 9.17) is 9.47 Å². The van der Waals surface area contributed by atoms with E-state index in [1.54, 1.807) is 0 Å². The van der Waals surface area contributed by atoms with Crippen molar-refractivity contribution in [3.63, 3.8) is 0 Å². The number of nitrogens with zero attached hydrogens (tertiary/aromatic N) is 3. The number of carbonyl (C=O) groups excluding carboxylic acids is 1. The Morgan fingerprint density at radius 1 is 0.971 bits per heavy atom. The van der Waals surface area contributed by atoms with Gasteiger partial charge in [0.05, 0.1) is 30.5 Å². The first-order valence-electron chi connectivity index (χ1n) is 13.0. The fourth-order valence-electron chi connectivity index (χ4n) is 5.73. The smallest absolute Gasteiger partial charge is 0.257 e. The zero-order chi connectivity index (χ0) is 23.2. The number of pyridine rings is 1. The van der Waals surface area contributed by atoms with Crippen LogP contribution < -0.4 is 4.74 Å². The number of piperidine rings is 1. The van der Waals surface area contributed by atoms with Gasteiger partial charge < -0.3 is 14.4 Å². The van der Waals surface area contributed by atoms with Crippen LogP contribution in [0.1, 0.15) is 61.0 Å². The SMILES string of the molecule is O=C1c2ccccc2OCC2(CCCCOC[C@@H]3CCCN13)CCN(Cc1ccccn1)CC2. The Morgan fingerprint density at radius 2 is 1.82 bits per heavy atom. The van der Waals surface area contributed by atoms with Gasteiger partial charge in [-0.3, -0.25) is 14.7 Å². The Balaban J connectivity index is 1.30. The van der Waals surface area contributed by atoms with Crippen LogP contribution in [-0.4, -0.2) is 66.2 Å². The van der Waals surface area contributed by atoms with Gasteiger partial charge in [-0.2, -0.15) is 0 Å². The molecule has 1 spiro atoms. The monoisotopic (exact) mass is 463 g/mol. The van der Waals surface area contributed by atoms with Crippen molar-refractivity contribution in [1.29, 1.82) is 0 Å². The molecule has 3 aliphatic heterocycles. The van der Waals surface area contributed by atoms with Gasteiger partial charge in [0.15, 0.2) is 0 Å². The molecule has 0 N–H and O–H groups in total. The molecule has 34 heavy (non-hydrogen) atoms. The van der Waals surface area contributed by atoms with Crippen LogP contribution in [0.4, 0.5) is 0 Å². The van der Waals surface area contributed by atoms with Gasteiger partial charge in [0.2, 0.25) is 0 Å².